The van der Waals surface area contributed by atoms with Crippen LogP contribution in [-0.4, -0.2) is 17.1 Å². The van der Waals surface area contributed by atoms with Gasteiger partial charge < -0.3 is 0 Å². The Bertz CT molecular complexity index is 178. The van der Waals surface area contributed by atoms with Crippen LogP contribution >= 0.6 is 0 Å². The van der Waals surface area contributed by atoms with E-state index in [0.717, 1.165) is 12.2 Å². The molecule has 0 radical (unpaired) electrons. The molecule has 0 N–H and O–H groups in total. The molecule has 0 atom stereocenters. The minimum absolute atomic E-state index is 0.220. The normalized spacial score (nSPS) is 7.67. The summed E-state index contributed by atoms with van der Waals surface area (Å²) in [5.41, 5.74) is 0. The second kappa shape index (κ2) is 6.73. The molecule has 0 rings (SSSR count). The van der Waals surface area contributed by atoms with Crippen LogP contribution in [0.1, 0.15) is 0 Å². The van der Waals surface area contributed by atoms with Gasteiger partial charge in [0.25, 0.3) is 0 Å². The Morgan fingerprint density at radius 1 is 1.25 bits per heavy atom. The van der Waals surface area contributed by atoms with E-state index in [4.69, 9.17) is 3.56 Å². The molecule has 0 aromatic carbocycles. The number of hydrogen-bond acceptors (Lipinski definition) is 4. The summed E-state index contributed by atoms with van der Waals surface area (Å²) >= 11 is -1.51. The van der Waals surface area contributed by atoms with Crippen molar-refractivity contribution < 1.29 is 35.4 Å². The molecular formula is C7H8O4Zn. The van der Waals surface area contributed by atoms with Gasteiger partial charge in [0.15, 0.2) is 0 Å². The second-order valence-corrected chi connectivity index (χ2v) is 4.06. The van der Waals surface area contributed by atoms with Crippen LogP contribution in [0.4, 0.5) is 0 Å². The van der Waals surface area contributed by atoms with Crippen molar-refractivity contribution >= 4 is 11.9 Å². The summed E-state index contributed by atoms with van der Waals surface area (Å²) < 4.78 is 9.31. The van der Waals surface area contributed by atoms with Crippen LogP contribution in [0.3, 0.4) is 0 Å². The molecule has 0 bridgehead atoms. The maximum absolute atomic E-state index is 10.5. The summed E-state index contributed by atoms with van der Waals surface area (Å²) in [6, 6.07) is 0. The SMILES string of the molecule is C=CC(=O)O[CH2][Zn][O]C(=O)C=C. The molecule has 0 unspecified atom stereocenters. The number of esters is 1. The van der Waals surface area contributed by atoms with Crippen molar-refractivity contribution in [3.05, 3.63) is 25.3 Å². The van der Waals surface area contributed by atoms with Crippen LogP contribution in [0.25, 0.3) is 0 Å². The maximum atomic E-state index is 10.5. The topological polar surface area (TPSA) is 52.6 Å². The Hall–Kier alpha value is -0.957. The van der Waals surface area contributed by atoms with Crippen molar-refractivity contribution in [2.24, 2.45) is 0 Å². The summed E-state index contributed by atoms with van der Waals surface area (Å²) in [4.78, 5) is 20.9. The van der Waals surface area contributed by atoms with E-state index in [1.54, 1.807) is 0 Å². The third-order valence-corrected chi connectivity index (χ3v) is 2.71. The summed E-state index contributed by atoms with van der Waals surface area (Å²) in [6.07, 6.45) is 2.15. The molecule has 0 aliphatic heterocycles. The predicted molar refractivity (Wildman–Crippen MR) is 37.4 cm³/mol. The first-order valence-electron chi connectivity index (χ1n) is 3.29. The van der Waals surface area contributed by atoms with E-state index in [1.165, 1.54) is 0 Å². The average molecular weight is 222 g/mol. The van der Waals surface area contributed by atoms with Gasteiger partial charge in [-0.25, -0.2) is 0 Å². The van der Waals surface area contributed by atoms with Gasteiger partial charge in [-0.05, 0) is 0 Å². The number of rotatable bonds is 5. The van der Waals surface area contributed by atoms with E-state index in [9.17, 15) is 9.59 Å². The van der Waals surface area contributed by atoms with Crippen LogP contribution in [0.15, 0.2) is 25.3 Å². The van der Waals surface area contributed by atoms with Crippen molar-refractivity contribution in [3.63, 3.8) is 0 Å². The van der Waals surface area contributed by atoms with Crippen molar-refractivity contribution in [1.82, 2.24) is 0 Å². The van der Waals surface area contributed by atoms with Gasteiger partial charge >= 0.3 is 77.8 Å². The molecular weight excluding hydrogens is 213 g/mol. The number of carbonyl (C=O) groups is 2. The quantitative estimate of drug-likeness (QED) is 0.292. The molecule has 0 amide bonds. The zero-order valence-corrected chi connectivity index (χ0v) is 9.58. The Balaban J connectivity index is 3.32. The fraction of sp³-hybridized carbons (Fsp3) is 0.143. The molecule has 0 aromatic rings. The molecule has 0 heterocycles. The molecule has 0 saturated heterocycles. The second-order valence-electron chi connectivity index (χ2n) is 1.74. The Labute approximate surface area is 78.2 Å². The Morgan fingerprint density at radius 2 is 1.83 bits per heavy atom. The summed E-state index contributed by atoms with van der Waals surface area (Å²) in [7, 11) is 0. The van der Waals surface area contributed by atoms with Gasteiger partial charge in [0.2, 0.25) is 0 Å². The third kappa shape index (κ3) is 5.80. The molecule has 0 aromatic heterocycles. The number of ether oxygens (including phenoxy) is 1. The van der Waals surface area contributed by atoms with Gasteiger partial charge in [0.05, 0.1) is 0 Å². The van der Waals surface area contributed by atoms with Crippen LogP contribution in [0.2, 0.25) is 0 Å². The summed E-state index contributed by atoms with van der Waals surface area (Å²) in [6.45, 7) is 6.44. The van der Waals surface area contributed by atoms with E-state index in [2.05, 4.69) is 17.9 Å². The van der Waals surface area contributed by atoms with E-state index in [-0.39, 0.29) is 5.20 Å². The first-order chi connectivity index (χ1) is 5.70. The number of carbonyl (C=O) groups excluding carboxylic acids is 2. The van der Waals surface area contributed by atoms with Gasteiger partial charge in [-0.2, -0.15) is 0 Å². The van der Waals surface area contributed by atoms with Gasteiger partial charge in [0.1, 0.15) is 0 Å². The predicted octanol–water partition coefficient (Wildman–Crippen LogP) is 0.400. The first-order valence-corrected chi connectivity index (χ1v) is 6.60. The van der Waals surface area contributed by atoms with E-state index >= 15 is 0 Å². The summed E-state index contributed by atoms with van der Waals surface area (Å²) in [5, 5.41) is 0.220. The van der Waals surface area contributed by atoms with Crippen LogP contribution in [0.5, 0.6) is 0 Å². The average Bonchev–Trinajstić information content (AvgIpc) is 2.11. The molecule has 62 valence electrons. The molecule has 0 saturated carbocycles. The molecule has 5 heteroatoms. The number of hydrogen-bond donors (Lipinski definition) is 0. The van der Waals surface area contributed by atoms with E-state index < -0.39 is 29.4 Å². The fourth-order valence-corrected chi connectivity index (χ4v) is 1.84. The van der Waals surface area contributed by atoms with Gasteiger partial charge in [-0.3, -0.25) is 0 Å². The van der Waals surface area contributed by atoms with Crippen LogP contribution in [-0.2, 0) is 35.4 Å². The third-order valence-electron chi connectivity index (χ3n) is 0.905. The van der Waals surface area contributed by atoms with Gasteiger partial charge in [-0.15, -0.1) is 0 Å². The molecule has 4 nitrogen and oxygen atoms in total. The van der Waals surface area contributed by atoms with Crippen molar-refractivity contribution in [1.29, 1.82) is 0 Å². The minimum atomic E-state index is -1.51. The van der Waals surface area contributed by atoms with Gasteiger partial charge in [-0.1, -0.05) is 0 Å². The molecule has 0 spiro atoms. The molecule has 0 aliphatic carbocycles. The van der Waals surface area contributed by atoms with Crippen molar-refractivity contribution in [3.8, 4) is 0 Å². The summed E-state index contributed by atoms with van der Waals surface area (Å²) in [5.74, 6) is -0.945. The Kier molecular flexibility index (Phi) is 6.20. The van der Waals surface area contributed by atoms with E-state index in [1.807, 2.05) is 0 Å². The van der Waals surface area contributed by atoms with E-state index in [0.29, 0.717) is 0 Å². The first kappa shape index (κ1) is 11.0. The molecule has 0 aliphatic rings. The van der Waals surface area contributed by atoms with Crippen molar-refractivity contribution in [2.75, 3.05) is 5.20 Å². The van der Waals surface area contributed by atoms with Gasteiger partial charge in [0, 0.05) is 0 Å². The monoisotopic (exact) mass is 220 g/mol. The van der Waals surface area contributed by atoms with Crippen LogP contribution < -0.4 is 0 Å². The van der Waals surface area contributed by atoms with Crippen LogP contribution in [0, 0.1) is 0 Å². The molecule has 0 fully saturated rings. The zero-order chi connectivity index (χ0) is 9.40. The zero-order valence-electron chi connectivity index (χ0n) is 6.62. The molecule has 12 heavy (non-hydrogen) atoms. The van der Waals surface area contributed by atoms with Crippen molar-refractivity contribution in [2.45, 2.75) is 0 Å². The Morgan fingerprint density at radius 3 is 2.33 bits per heavy atom. The standard InChI is InChI=1S/C4H5O2.C3H4O2.Zn/c1-3-4(5)6-2;1-2-3(4)5;/h3H,1-2H2;2H,1H2,(H,4,5);/q;;+1/p-1. The fourth-order valence-electron chi connectivity index (χ4n) is 0.402.